The number of sulfonamides is 1. The third kappa shape index (κ3) is 7.73. The van der Waals surface area contributed by atoms with Crippen LogP contribution in [0, 0.1) is 22.7 Å². The largest absolute Gasteiger partial charge is 0.477 e. The summed E-state index contributed by atoms with van der Waals surface area (Å²) in [4.78, 5) is 35.4. The lowest BCUT2D eigenvalue weighted by Gasteiger charge is -2.33. The molecule has 3 aromatic rings. The molecule has 3 aromatic heterocycles. The summed E-state index contributed by atoms with van der Waals surface area (Å²) < 4.78 is 71.4. The molecular formula is C37H46ClF2N7O6S. The summed E-state index contributed by atoms with van der Waals surface area (Å²) >= 11 is 6.32. The highest BCUT2D eigenvalue weighted by molar-refractivity contribution is 7.90. The van der Waals surface area contributed by atoms with Gasteiger partial charge >= 0.3 is 6.09 Å². The number of ether oxygens (including phenoxy) is 2. The lowest BCUT2D eigenvalue weighted by atomic mass is 9.92. The highest BCUT2D eigenvalue weighted by Gasteiger charge is 2.85. The predicted molar refractivity (Wildman–Crippen MR) is 195 cm³/mol. The average molecular weight is 790 g/mol. The number of carbonyl (C=O) groups is 2. The molecule has 4 fully saturated rings. The number of halogens is 3. The molecule has 1 atom stereocenters. The standard InChI is InChI=1S/C37H46ClF2N7O6S/c1-33(2,3)53-32(49)46-21-23(19-34(46,4)5)20-37(39,40)22-41-26-7-6-8-29(42-26)54(50,51)45-31(48)24-9-10-27(43-30(24)38)47-17-11-28(44-47)52-18-12-25-35(13-14-35)36(25)15-16-36/h6-11,17,23,25H,12-16,18-22H2,1-5H3,(H,41,42)(H,45,48)/t23-/m0/s1. The fraction of sp³-hybridized carbons (Fsp3) is 0.595. The van der Waals surface area contributed by atoms with Crippen LogP contribution in [0.4, 0.5) is 19.4 Å². The van der Waals surface area contributed by atoms with E-state index in [1.165, 1.54) is 59.5 Å². The molecule has 2 spiro atoms. The molecule has 1 aliphatic heterocycles. The van der Waals surface area contributed by atoms with E-state index in [0.29, 0.717) is 35.6 Å². The molecule has 2 amide bonds. The van der Waals surface area contributed by atoms with Crippen LogP contribution >= 0.6 is 11.6 Å². The number of hydrogen-bond acceptors (Lipinski definition) is 10. The van der Waals surface area contributed by atoms with Crippen LogP contribution in [0.1, 0.15) is 89.9 Å². The topological polar surface area (TPSA) is 158 Å². The summed E-state index contributed by atoms with van der Waals surface area (Å²) in [6.45, 7) is 8.73. The minimum absolute atomic E-state index is 0.117. The number of nitrogens with one attached hydrogen (secondary N) is 2. The second-order valence-corrected chi connectivity index (χ2v) is 18.8. The first-order valence-corrected chi connectivity index (χ1v) is 20.1. The minimum atomic E-state index is -4.54. The van der Waals surface area contributed by atoms with E-state index < -0.39 is 63.0 Å². The number of carbonyl (C=O) groups excluding carboxylic acids is 2. The molecule has 0 aromatic carbocycles. The first kappa shape index (κ1) is 38.2. The second kappa shape index (κ2) is 13.3. The summed E-state index contributed by atoms with van der Waals surface area (Å²) in [7, 11) is -4.54. The van der Waals surface area contributed by atoms with Gasteiger partial charge in [0.25, 0.3) is 21.9 Å². The predicted octanol–water partition coefficient (Wildman–Crippen LogP) is 6.87. The minimum Gasteiger partial charge on any atom is -0.477 e. The monoisotopic (exact) mass is 789 g/mol. The zero-order chi connectivity index (χ0) is 38.9. The van der Waals surface area contributed by atoms with Crippen molar-refractivity contribution in [3.8, 4) is 11.7 Å². The molecular weight excluding hydrogens is 744 g/mol. The van der Waals surface area contributed by atoms with E-state index in [0.717, 1.165) is 18.4 Å². The Bertz CT molecular complexity index is 2040. The summed E-state index contributed by atoms with van der Waals surface area (Å²) in [5.41, 5.74) is -0.364. The smallest absolute Gasteiger partial charge is 0.410 e. The van der Waals surface area contributed by atoms with Crippen LogP contribution < -0.4 is 14.8 Å². The first-order chi connectivity index (χ1) is 25.2. The van der Waals surface area contributed by atoms with E-state index in [1.54, 1.807) is 33.0 Å². The molecule has 7 rings (SSSR count). The number of hydrogen-bond donors (Lipinski definition) is 2. The van der Waals surface area contributed by atoms with Crippen molar-refractivity contribution in [2.24, 2.45) is 22.7 Å². The molecule has 0 radical (unpaired) electrons. The van der Waals surface area contributed by atoms with Gasteiger partial charge in [0.2, 0.25) is 5.88 Å². The molecule has 54 heavy (non-hydrogen) atoms. The third-order valence-corrected chi connectivity index (χ3v) is 12.8. The van der Waals surface area contributed by atoms with Gasteiger partial charge in [-0.3, -0.25) is 4.79 Å². The Kier molecular flexibility index (Phi) is 9.42. The molecule has 4 heterocycles. The second-order valence-electron chi connectivity index (χ2n) is 16.8. The number of aromatic nitrogens is 4. The number of likely N-dealkylation sites (tertiary alicyclic amines) is 1. The Hall–Kier alpha value is -4.05. The SMILES string of the molecule is CC(C)(C)OC(=O)N1C[C@H](CC(F)(F)CNc2cccc(S(=O)(=O)NC(=O)c3ccc(-n4ccc(OCCC5C6(CC6)C56CC6)n4)nc3Cl)n2)CC1(C)C. The maximum Gasteiger partial charge on any atom is 0.410 e. The van der Waals surface area contributed by atoms with Crippen LogP contribution in [0.3, 0.4) is 0 Å². The Labute approximate surface area is 318 Å². The number of alkyl halides is 2. The molecule has 3 saturated carbocycles. The highest BCUT2D eigenvalue weighted by atomic mass is 35.5. The van der Waals surface area contributed by atoms with Gasteiger partial charge < -0.3 is 19.7 Å². The van der Waals surface area contributed by atoms with Crippen LogP contribution in [0.25, 0.3) is 5.82 Å². The zero-order valence-corrected chi connectivity index (χ0v) is 32.6. The molecule has 0 bridgehead atoms. The molecule has 0 unspecified atom stereocenters. The fourth-order valence-corrected chi connectivity index (χ4v) is 9.81. The maximum absolute atomic E-state index is 15.2. The average Bonchev–Trinajstić information content (AvgIpc) is 4.02. The number of amides is 2. The van der Waals surface area contributed by atoms with E-state index >= 15 is 8.78 Å². The third-order valence-electron chi connectivity index (χ3n) is 11.3. The van der Waals surface area contributed by atoms with E-state index in [2.05, 4.69) is 20.4 Å². The fourth-order valence-electron chi connectivity index (χ4n) is 8.64. The van der Waals surface area contributed by atoms with Crippen LogP contribution in [0.2, 0.25) is 5.15 Å². The van der Waals surface area contributed by atoms with Gasteiger partial charge in [-0.05, 0) is 120 Å². The van der Waals surface area contributed by atoms with Gasteiger partial charge in [0.05, 0.1) is 18.7 Å². The number of nitrogens with zero attached hydrogens (tertiary/aromatic N) is 5. The van der Waals surface area contributed by atoms with Gasteiger partial charge in [0.15, 0.2) is 10.8 Å². The Morgan fingerprint density at radius 3 is 2.39 bits per heavy atom. The summed E-state index contributed by atoms with van der Waals surface area (Å²) in [5, 5.41) is 6.08. The Balaban J connectivity index is 0.912. The maximum atomic E-state index is 15.2. The van der Waals surface area contributed by atoms with E-state index in [1.807, 2.05) is 18.6 Å². The molecule has 1 saturated heterocycles. The normalized spacial score (nSPS) is 20.9. The van der Waals surface area contributed by atoms with Crippen LogP contribution in [-0.4, -0.2) is 81.8 Å². The molecule has 292 valence electrons. The quantitative estimate of drug-likeness (QED) is 0.175. The molecule has 4 aliphatic rings. The van der Waals surface area contributed by atoms with Crippen molar-refractivity contribution in [2.45, 2.75) is 102 Å². The van der Waals surface area contributed by atoms with Crippen LogP contribution in [0.5, 0.6) is 5.88 Å². The van der Waals surface area contributed by atoms with Gasteiger partial charge in [-0.25, -0.2) is 32.9 Å². The molecule has 13 nitrogen and oxygen atoms in total. The Morgan fingerprint density at radius 1 is 1.04 bits per heavy atom. The van der Waals surface area contributed by atoms with E-state index in [9.17, 15) is 18.0 Å². The lowest BCUT2D eigenvalue weighted by Crippen LogP contribution is -2.45. The lowest BCUT2D eigenvalue weighted by molar-refractivity contribution is -0.00996. The van der Waals surface area contributed by atoms with Crippen molar-refractivity contribution in [1.82, 2.24) is 29.4 Å². The van der Waals surface area contributed by atoms with Gasteiger partial charge in [-0.2, -0.15) is 8.42 Å². The van der Waals surface area contributed by atoms with Crippen molar-refractivity contribution in [3.63, 3.8) is 0 Å². The number of rotatable bonds is 13. The van der Waals surface area contributed by atoms with E-state index in [-0.39, 0.29) is 23.1 Å². The van der Waals surface area contributed by atoms with Crippen molar-refractivity contribution in [1.29, 1.82) is 0 Å². The van der Waals surface area contributed by atoms with Gasteiger partial charge in [-0.15, -0.1) is 5.10 Å². The number of fused-ring (bicyclic) bond motifs is 1. The number of pyridine rings is 2. The van der Waals surface area contributed by atoms with Crippen LogP contribution in [0.15, 0.2) is 47.6 Å². The van der Waals surface area contributed by atoms with E-state index in [4.69, 9.17) is 21.1 Å². The van der Waals surface area contributed by atoms with Gasteiger partial charge in [-0.1, -0.05) is 17.7 Å². The highest BCUT2D eigenvalue weighted by Crippen LogP contribution is 2.93. The summed E-state index contributed by atoms with van der Waals surface area (Å²) in [6.07, 6.45) is 7.38. The molecule has 2 N–H and O–H groups in total. The number of anilines is 1. The van der Waals surface area contributed by atoms with Crippen LogP contribution in [-0.2, 0) is 14.8 Å². The Morgan fingerprint density at radius 2 is 1.74 bits per heavy atom. The summed E-state index contributed by atoms with van der Waals surface area (Å²) in [5.74, 6) is -3.40. The van der Waals surface area contributed by atoms with Gasteiger partial charge in [0.1, 0.15) is 16.6 Å². The van der Waals surface area contributed by atoms with Crippen molar-refractivity contribution < 1.29 is 36.3 Å². The summed E-state index contributed by atoms with van der Waals surface area (Å²) in [6, 6.07) is 8.28. The van der Waals surface area contributed by atoms with Crippen molar-refractivity contribution in [3.05, 3.63) is 53.3 Å². The molecule has 17 heteroatoms. The van der Waals surface area contributed by atoms with Crippen molar-refractivity contribution >= 4 is 39.4 Å². The zero-order valence-electron chi connectivity index (χ0n) is 31.0. The molecule has 3 aliphatic carbocycles. The van der Waals surface area contributed by atoms with Crippen molar-refractivity contribution in [2.75, 3.05) is 25.0 Å². The van der Waals surface area contributed by atoms with Gasteiger partial charge in [0, 0.05) is 30.8 Å². The first-order valence-electron chi connectivity index (χ1n) is 18.2.